The molecule has 0 aromatic rings. The monoisotopic (exact) mass is 362 g/mol. The maximum Gasteiger partial charge on any atom is 0.129 e. The minimum Gasteiger partial charge on any atom is -0.394 e. The van der Waals surface area contributed by atoms with Crippen molar-refractivity contribution in [2.24, 2.45) is 46.4 Å². The zero-order valence-electron chi connectivity index (χ0n) is 16.6. The van der Waals surface area contributed by atoms with E-state index in [2.05, 4.69) is 25.1 Å². The highest BCUT2D eigenvalue weighted by Gasteiger charge is 2.48. The van der Waals surface area contributed by atoms with Crippen molar-refractivity contribution in [3.05, 3.63) is 11.6 Å². The largest absolute Gasteiger partial charge is 0.394 e. The highest BCUT2D eigenvalue weighted by atomic mass is 16.6. The molecule has 3 fully saturated rings. The Bertz CT molecular complexity index is 498. The van der Waals surface area contributed by atoms with Crippen molar-refractivity contribution in [1.82, 2.24) is 0 Å². The first kappa shape index (κ1) is 19.9. The summed E-state index contributed by atoms with van der Waals surface area (Å²) in [5.41, 5.74) is 6.53. The number of nitrogens with two attached hydrogens (primary N) is 1. The molecule has 0 bridgehead atoms. The number of nitrogens with zero attached hydrogens (tertiary/aromatic N) is 1. The molecular weight excluding hydrogens is 324 g/mol. The van der Waals surface area contributed by atoms with Crippen LogP contribution in [0.5, 0.6) is 0 Å². The molecule has 148 valence electrons. The standard InChI is InChI=1S/C22H38N2O2/c1-15(14-24-26-9-8-23)10-19-13-21(25)20-12-18(11-16(2)22(19)20)17-6-4-3-5-7-17/h10,14,16-22,25H,3-9,11-13,23H2,1-2H3/b15-10+,24-14+/t16?,18-,19-,20+,21?,22+/m0/s1. The molecule has 0 heterocycles. The summed E-state index contributed by atoms with van der Waals surface area (Å²) in [5.74, 6) is 4.05. The molecule has 0 radical (unpaired) electrons. The van der Waals surface area contributed by atoms with E-state index in [9.17, 15) is 5.11 Å². The third-order valence-electron chi connectivity index (χ3n) is 7.24. The number of aliphatic hydroxyl groups is 1. The van der Waals surface area contributed by atoms with E-state index in [0.29, 0.717) is 36.8 Å². The first-order valence-corrected chi connectivity index (χ1v) is 10.8. The summed E-state index contributed by atoms with van der Waals surface area (Å²) in [5, 5.41) is 14.8. The Balaban J connectivity index is 1.63. The van der Waals surface area contributed by atoms with Gasteiger partial charge in [0.25, 0.3) is 0 Å². The molecule has 4 nitrogen and oxygen atoms in total. The third-order valence-corrected chi connectivity index (χ3v) is 7.24. The van der Waals surface area contributed by atoms with Crippen molar-refractivity contribution >= 4 is 6.21 Å². The number of aliphatic hydroxyl groups excluding tert-OH is 1. The zero-order valence-corrected chi connectivity index (χ0v) is 16.6. The SMILES string of the molecule is CC(/C=N/OCCN)=C\[C@H]1CC(O)[C@H]2C[C@@H](C3CCCCC3)CC(C)[C@@H]21. The molecule has 3 aliphatic rings. The Morgan fingerprint density at radius 2 is 1.92 bits per heavy atom. The van der Waals surface area contributed by atoms with Crippen molar-refractivity contribution in [1.29, 1.82) is 0 Å². The molecule has 0 spiro atoms. The number of oxime groups is 1. The van der Waals surface area contributed by atoms with Crippen LogP contribution in [0.15, 0.2) is 16.8 Å². The van der Waals surface area contributed by atoms with Gasteiger partial charge in [-0.1, -0.05) is 50.3 Å². The van der Waals surface area contributed by atoms with Crippen LogP contribution >= 0.6 is 0 Å². The van der Waals surface area contributed by atoms with Crippen LogP contribution in [0.2, 0.25) is 0 Å². The topological polar surface area (TPSA) is 67.8 Å². The number of fused-ring (bicyclic) bond motifs is 1. The molecule has 3 rings (SSSR count). The summed E-state index contributed by atoms with van der Waals surface area (Å²) in [6, 6.07) is 0. The van der Waals surface area contributed by atoms with E-state index in [-0.39, 0.29) is 6.10 Å². The van der Waals surface area contributed by atoms with Crippen LogP contribution in [-0.4, -0.2) is 30.6 Å². The van der Waals surface area contributed by atoms with E-state index < -0.39 is 0 Å². The average Bonchev–Trinajstić information content (AvgIpc) is 2.95. The van der Waals surface area contributed by atoms with Crippen molar-refractivity contribution in [3.63, 3.8) is 0 Å². The second kappa shape index (κ2) is 9.36. The van der Waals surface area contributed by atoms with Gasteiger partial charge < -0.3 is 15.7 Å². The minimum absolute atomic E-state index is 0.131. The van der Waals surface area contributed by atoms with Crippen LogP contribution in [0.1, 0.15) is 65.2 Å². The summed E-state index contributed by atoms with van der Waals surface area (Å²) in [6.07, 6.45) is 14.6. The van der Waals surface area contributed by atoms with Gasteiger partial charge in [-0.2, -0.15) is 0 Å². The van der Waals surface area contributed by atoms with Gasteiger partial charge in [-0.25, -0.2) is 0 Å². The fourth-order valence-corrected chi connectivity index (χ4v) is 6.20. The maximum atomic E-state index is 10.8. The quantitative estimate of drug-likeness (QED) is 0.424. The van der Waals surface area contributed by atoms with Crippen LogP contribution in [-0.2, 0) is 4.84 Å². The summed E-state index contributed by atoms with van der Waals surface area (Å²) in [4.78, 5) is 5.10. The van der Waals surface area contributed by atoms with E-state index in [1.54, 1.807) is 6.21 Å². The highest BCUT2D eigenvalue weighted by molar-refractivity contribution is 5.77. The molecule has 26 heavy (non-hydrogen) atoms. The molecule has 6 atom stereocenters. The van der Waals surface area contributed by atoms with Gasteiger partial charge in [0.15, 0.2) is 0 Å². The Morgan fingerprint density at radius 3 is 2.65 bits per heavy atom. The maximum absolute atomic E-state index is 10.8. The first-order valence-electron chi connectivity index (χ1n) is 10.8. The van der Waals surface area contributed by atoms with E-state index in [1.165, 1.54) is 44.9 Å². The lowest BCUT2D eigenvalue weighted by Crippen LogP contribution is -2.37. The Hall–Kier alpha value is -0.870. The zero-order chi connectivity index (χ0) is 18.5. The average molecular weight is 363 g/mol. The lowest BCUT2D eigenvalue weighted by molar-refractivity contribution is 0.0255. The molecule has 3 aliphatic carbocycles. The molecule has 4 heteroatoms. The molecule has 2 unspecified atom stereocenters. The number of rotatable bonds is 6. The van der Waals surface area contributed by atoms with Crippen molar-refractivity contribution in [2.75, 3.05) is 13.2 Å². The lowest BCUT2D eigenvalue weighted by atomic mass is 9.62. The van der Waals surface area contributed by atoms with Crippen molar-refractivity contribution in [3.8, 4) is 0 Å². The summed E-state index contributed by atoms with van der Waals surface area (Å²) < 4.78 is 0. The summed E-state index contributed by atoms with van der Waals surface area (Å²) in [6.45, 7) is 5.45. The molecule has 3 saturated carbocycles. The molecule has 0 aromatic carbocycles. The van der Waals surface area contributed by atoms with Gasteiger partial charge >= 0.3 is 0 Å². The van der Waals surface area contributed by atoms with Crippen molar-refractivity contribution in [2.45, 2.75) is 71.3 Å². The van der Waals surface area contributed by atoms with E-state index in [1.807, 2.05) is 0 Å². The minimum atomic E-state index is -0.131. The normalized spacial score (nSPS) is 39.3. The van der Waals surface area contributed by atoms with Gasteiger partial charge in [-0.05, 0) is 67.3 Å². The fourth-order valence-electron chi connectivity index (χ4n) is 6.20. The third kappa shape index (κ3) is 4.69. The van der Waals surface area contributed by atoms with Crippen LogP contribution in [0.4, 0.5) is 0 Å². The van der Waals surface area contributed by atoms with E-state index in [0.717, 1.165) is 23.8 Å². The Kier molecular flexibility index (Phi) is 7.16. The predicted molar refractivity (Wildman–Crippen MR) is 107 cm³/mol. The van der Waals surface area contributed by atoms with Crippen LogP contribution < -0.4 is 5.73 Å². The van der Waals surface area contributed by atoms with E-state index in [4.69, 9.17) is 10.6 Å². The van der Waals surface area contributed by atoms with Gasteiger partial charge in [-0.15, -0.1) is 0 Å². The van der Waals surface area contributed by atoms with Crippen molar-refractivity contribution < 1.29 is 9.94 Å². The fraction of sp³-hybridized carbons (Fsp3) is 0.864. The summed E-state index contributed by atoms with van der Waals surface area (Å²) in [7, 11) is 0. The van der Waals surface area contributed by atoms with Gasteiger partial charge in [-0.3, -0.25) is 0 Å². The highest BCUT2D eigenvalue weighted by Crippen LogP contribution is 2.53. The molecule has 0 saturated heterocycles. The van der Waals surface area contributed by atoms with Gasteiger partial charge in [0.05, 0.1) is 12.3 Å². The van der Waals surface area contributed by atoms with Gasteiger partial charge in [0, 0.05) is 6.54 Å². The predicted octanol–water partition coefficient (Wildman–Crippen LogP) is 4.13. The number of allylic oxidation sites excluding steroid dienone is 2. The second-order valence-electron chi connectivity index (χ2n) is 9.08. The van der Waals surface area contributed by atoms with Crippen LogP contribution in [0.3, 0.4) is 0 Å². The smallest absolute Gasteiger partial charge is 0.129 e. The summed E-state index contributed by atoms with van der Waals surface area (Å²) >= 11 is 0. The second-order valence-corrected chi connectivity index (χ2v) is 9.08. The van der Waals surface area contributed by atoms with Gasteiger partial charge in [0.2, 0.25) is 0 Å². The molecular formula is C22H38N2O2. The molecule has 0 amide bonds. The van der Waals surface area contributed by atoms with Crippen LogP contribution in [0, 0.1) is 35.5 Å². The molecule has 3 N–H and O–H groups in total. The molecule has 0 aliphatic heterocycles. The Labute approximate surface area is 159 Å². The Morgan fingerprint density at radius 1 is 1.15 bits per heavy atom. The van der Waals surface area contributed by atoms with Crippen LogP contribution in [0.25, 0.3) is 0 Å². The molecule has 0 aromatic heterocycles. The first-order chi connectivity index (χ1) is 12.6. The number of hydrogen-bond donors (Lipinski definition) is 2. The number of hydrogen-bond acceptors (Lipinski definition) is 4. The van der Waals surface area contributed by atoms with E-state index >= 15 is 0 Å². The lowest BCUT2D eigenvalue weighted by Gasteiger charge is -2.43. The van der Waals surface area contributed by atoms with Gasteiger partial charge in [0.1, 0.15) is 6.61 Å².